The number of amides is 1. The number of nitriles is 1. The lowest BCUT2D eigenvalue weighted by molar-refractivity contribution is -0.112. The van der Waals surface area contributed by atoms with Crippen molar-refractivity contribution in [2.24, 2.45) is 0 Å². The van der Waals surface area contributed by atoms with Crippen LogP contribution in [0.15, 0.2) is 84.6 Å². The van der Waals surface area contributed by atoms with Gasteiger partial charge in [0, 0.05) is 41.0 Å². The van der Waals surface area contributed by atoms with Crippen molar-refractivity contribution in [3.05, 3.63) is 101 Å². The number of aromatic nitrogens is 1. The lowest BCUT2D eigenvalue weighted by Crippen LogP contribution is -2.13. The summed E-state index contributed by atoms with van der Waals surface area (Å²) in [5.41, 5.74) is 4.89. The highest BCUT2D eigenvalue weighted by Gasteiger charge is 2.13. The van der Waals surface area contributed by atoms with E-state index in [-0.39, 0.29) is 5.57 Å². The number of benzene rings is 3. The van der Waals surface area contributed by atoms with E-state index in [9.17, 15) is 10.1 Å². The molecule has 0 aliphatic rings. The number of aryl methyl sites for hydroxylation is 1. The van der Waals surface area contributed by atoms with Gasteiger partial charge in [0.1, 0.15) is 17.4 Å². The number of nitrogens with one attached hydrogen (secondary N) is 1. The first-order valence-corrected chi connectivity index (χ1v) is 10.9. The average molecular weight is 436 g/mol. The number of fused-ring (bicyclic) bond motifs is 1. The minimum absolute atomic E-state index is 0.0373. The van der Waals surface area contributed by atoms with E-state index in [2.05, 4.69) is 47.1 Å². The molecule has 0 radical (unpaired) electrons. The van der Waals surface area contributed by atoms with Crippen molar-refractivity contribution in [1.29, 1.82) is 5.26 Å². The van der Waals surface area contributed by atoms with Crippen LogP contribution in [0.1, 0.15) is 23.6 Å². The summed E-state index contributed by atoms with van der Waals surface area (Å²) in [6.45, 7) is 5.21. The van der Waals surface area contributed by atoms with Gasteiger partial charge in [0.15, 0.2) is 0 Å². The van der Waals surface area contributed by atoms with Crippen LogP contribution in [0.3, 0.4) is 0 Å². The second kappa shape index (κ2) is 9.88. The monoisotopic (exact) mass is 435 g/mol. The summed E-state index contributed by atoms with van der Waals surface area (Å²) < 4.78 is 7.63. The first kappa shape index (κ1) is 21.9. The number of para-hydroxylation sites is 1. The molecule has 1 heterocycles. The molecule has 0 bridgehead atoms. The molecule has 1 N–H and O–H groups in total. The molecule has 0 spiro atoms. The van der Waals surface area contributed by atoms with Gasteiger partial charge in [-0.25, -0.2) is 0 Å². The van der Waals surface area contributed by atoms with Crippen molar-refractivity contribution < 1.29 is 9.53 Å². The SMILES string of the molecule is CCOc1cccc(NC(=O)C(C#N)=Cc2cn(Cc3cccc(C)c3)c3ccccc23)c1. The van der Waals surface area contributed by atoms with Gasteiger partial charge in [-0.05, 0) is 43.7 Å². The normalized spacial score (nSPS) is 11.2. The van der Waals surface area contributed by atoms with Gasteiger partial charge in [-0.15, -0.1) is 0 Å². The van der Waals surface area contributed by atoms with Crippen LogP contribution < -0.4 is 10.1 Å². The summed E-state index contributed by atoms with van der Waals surface area (Å²) >= 11 is 0. The minimum atomic E-state index is -0.457. The fraction of sp³-hybridized carbons (Fsp3) is 0.143. The molecule has 5 nitrogen and oxygen atoms in total. The molecule has 5 heteroatoms. The van der Waals surface area contributed by atoms with E-state index in [1.165, 1.54) is 11.1 Å². The highest BCUT2D eigenvalue weighted by atomic mass is 16.5. The topological polar surface area (TPSA) is 67.0 Å². The minimum Gasteiger partial charge on any atom is -0.494 e. The van der Waals surface area contributed by atoms with Crippen molar-refractivity contribution in [1.82, 2.24) is 4.57 Å². The molecule has 0 aliphatic carbocycles. The molecule has 0 saturated heterocycles. The van der Waals surface area contributed by atoms with Crippen molar-refractivity contribution in [2.75, 3.05) is 11.9 Å². The number of ether oxygens (including phenoxy) is 1. The van der Waals surface area contributed by atoms with E-state index >= 15 is 0 Å². The zero-order valence-corrected chi connectivity index (χ0v) is 18.7. The van der Waals surface area contributed by atoms with Crippen molar-refractivity contribution >= 4 is 28.6 Å². The maximum atomic E-state index is 12.8. The molecule has 0 atom stereocenters. The summed E-state index contributed by atoms with van der Waals surface area (Å²) in [5, 5.41) is 13.5. The number of nitrogens with zero attached hydrogens (tertiary/aromatic N) is 2. The summed E-state index contributed by atoms with van der Waals surface area (Å²) in [4.78, 5) is 12.8. The Morgan fingerprint density at radius 3 is 2.70 bits per heavy atom. The Hall–Kier alpha value is -4.30. The lowest BCUT2D eigenvalue weighted by Gasteiger charge is -2.07. The smallest absolute Gasteiger partial charge is 0.266 e. The van der Waals surface area contributed by atoms with Crippen molar-refractivity contribution in [3.63, 3.8) is 0 Å². The van der Waals surface area contributed by atoms with Gasteiger partial charge < -0.3 is 14.6 Å². The molecule has 33 heavy (non-hydrogen) atoms. The zero-order valence-electron chi connectivity index (χ0n) is 18.7. The number of hydrogen-bond donors (Lipinski definition) is 1. The Labute approximate surface area is 193 Å². The molecule has 0 saturated carbocycles. The van der Waals surface area contributed by atoms with E-state index in [4.69, 9.17) is 4.74 Å². The summed E-state index contributed by atoms with van der Waals surface area (Å²) in [6.07, 6.45) is 3.64. The Morgan fingerprint density at radius 1 is 1.09 bits per heavy atom. The maximum Gasteiger partial charge on any atom is 0.266 e. The van der Waals surface area contributed by atoms with Crippen LogP contribution in [-0.4, -0.2) is 17.1 Å². The quantitative estimate of drug-likeness (QED) is 0.288. The van der Waals surface area contributed by atoms with Gasteiger partial charge >= 0.3 is 0 Å². The largest absolute Gasteiger partial charge is 0.494 e. The molecule has 3 aromatic carbocycles. The predicted molar refractivity (Wildman–Crippen MR) is 132 cm³/mol. The second-order valence-electron chi connectivity index (χ2n) is 7.80. The van der Waals surface area contributed by atoms with Crippen LogP contribution in [0.2, 0.25) is 0 Å². The third-order valence-corrected chi connectivity index (χ3v) is 5.32. The number of hydrogen-bond acceptors (Lipinski definition) is 3. The van der Waals surface area contributed by atoms with Crippen LogP contribution in [0.4, 0.5) is 5.69 Å². The number of carbonyl (C=O) groups is 1. The van der Waals surface area contributed by atoms with Crippen LogP contribution in [0.25, 0.3) is 17.0 Å². The molecule has 0 unspecified atom stereocenters. The maximum absolute atomic E-state index is 12.8. The molecular weight excluding hydrogens is 410 g/mol. The van der Waals surface area contributed by atoms with Gasteiger partial charge in [-0.1, -0.05) is 54.1 Å². The second-order valence-corrected chi connectivity index (χ2v) is 7.80. The zero-order chi connectivity index (χ0) is 23.2. The molecule has 1 aromatic heterocycles. The Bertz CT molecular complexity index is 1380. The molecule has 164 valence electrons. The molecule has 1 amide bonds. The molecule has 0 fully saturated rings. The van der Waals surface area contributed by atoms with Gasteiger partial charge in [0.25, 0.3) is 5.91 Å². The number of carbonyl (C=O) groups excluding carboxylic acids is 1. The first-order valence-electron chi connectivity index (χ1n) is 10.9. The van der Waals surface area contributed by atoms with Crippen molar-refractivity contribution in [3.8, 4) is 11.8 Å². The molecule has 4 aromatic rings. The van der Waals surface area contributed by atoms with E-state index in [0.29, 0.717) is 24.6 Å². The summed E-state index contributed by atoms with van der Waals surface area (Å²) in [5.74, 6) is 0.207. The van der Waals surface area contributed by atoms with E-state index < -0.39 is 5.91 Å². The Balaban J connectivity index is 1.64. The molecular formula is C28H25N3O2. The van der Waals surface area contributed by atoms with E-state index in [1.807, 2.05) is 43.5 Å². The third-order valence-electron chi connectivity index (χ3n) is 5.32. The standard InChI is InChI=1S/C28H25N3O2/c1-3-33-25-11-7-10-24(16-25)30-28(32)22(17-29)15-23-19-31(27-13-5-4-12-26(23)27)18-21-9-6-8-20(2)14-21/h4-16,19H,3,18H2,1-2H3,(H,30,32). The summed E-state index contributed by atoms with van der Waals surface area (Å²) in [7, 11) is 0. The lowest BCUT2D eigenvalue weighted by atomic mass is 10.1. The molecule has 4 rings (SSSR count). The highest BCUT2D eigenvalue weighted by Crippen LogP contribution is 2.25. The Kier molecular flexibility index (Phi) is 6.56. The number of anilines is 1. The fourth-order valence-electron chi connectivity index (χ4n) is 3.86. The average Bonchev–Trinajstić information content (AvgIpc) is 3.15. The van der Waals surface area contributed by atoms with Gasteiger partial charge in [0.2, 0.25) is 0 Å². The van der Waals surface area contributed by atoms with Crippen molar-refractivity contribution in [2.45, 2.75) is 20.4 Å². The van der Waals surface area contributed by atoms with Crippen LogP contribution in [0, 0.1) is 18.3 Å². The van der Waals surface area contributed by atoms with Crippen LogP contribution in [0.5, 0.6) is 5.75 Å². The van der Waals surface area contributed by atoms with E-state index in [0.717, 1.165) is 16.5 Å². The van der Waals surface area contributed by atoms with Crippen LogP contribution >= 0.6 is 0 Å². The van der Waals surface area contributed by atoms with E-state index in [1.54, 1.807) is 24.3 Å². The van der Waals surface area contributed by atoms with Gasteiger partial charge in [-0.2, -0.15) is 5.26 Å². The predicted octanol–water partition coefficient (Wildman–Crippen LogP) is 5.94. The fourth-order valence-corrected chi connectivity index (χ4v) is 3.86. The van der Waals surface area contributed by atoms with Gasteiger partial charge in [0.05, 0.1) is 6.61 Å². The summed E-state index contributed by atoms with van der Waals surface area (Å²) in [6, 6.07) is 25.6. The Morgan fingerprint density at radius 2 is 1.91 bits per heavy atom. The number of rotatable bonds is 7. The van der Waals surface area contributed by atoms with Crippen LogP contribution in [-0.2, 0) is 11.3 Å². The highest BCUT2D eigenvalue weighted by molar-refractivity contribution is 6.10. The first-order chi connectivity index (χ1) is 16.1. The third kappa shape index (κ3) is 5.13. The van der Waals surface area contributed by atoms with Gasteiger partial charge in [-0.3, -0.25) is 4.79 Å². The molecule has 0 aliphatic heterocycles.